The summed E-state index contributed by atoms with van der Waals surface area (Å²) in [5.41, 5.74) is 1.08. The second kappa shape index (κ2) is 6.85. The SMILES string of the molecule is CN(C)C(=O)CN1CCC(NCc2ccn(C)n2)CC1. The number of carbonyl (C=O) groups is 1. The van der Waals surface area contributed by atoms with Crippen LogP contribution in [0.5, 0.6) is 0 Å². The molecular weight excluding hydrogens is 254 g/mol. The minimum absolute atomic E-state index is 0.185. The fraction of sp³-hybridized carbons (Fsp3) is 0.714. The molecule has 1 aliphatic rings. The molecule has 1 aliphatic heterocycles. The van der Waals surface area contributed by atoms with Crippen molar-refractivity contribution >= 4 is 5.91 Å². The van der Waals surface area contributed by atoms with E-state index in [0.29, 0.717) is 12.6 Å². The maximum Gasteiger partial charge on any atom is 0.236 e. The Morgan fingerprint density at radius 2 is 2.15 bits per heavy atom. The summed E-state index contributed by atoms with van der Waals surface area (Å²) in [4.78, 5) is 15.6. The lowest BCUT2D eigenvalue weighted by molar-refractivity contribution is -0.130. The van der Waals surface area contributed by atoms with Crippen LogP contribution in [0.2, 0.25) is 0 Å². The zero-order valence-corrected chi connectivity index (χ0v) is 12.7. The fourth-order valence-corrected chi connectivity index (χ4v) is 2.43. The molecule has 0 aliphatic carbocycles. The summed E-state index contributed by atoms with van der Waals surface area (Å²) in [6.07, 6.45) is 4.15. The van der Waals surface area contributed by atoms with Crippen molar-refractivity contribution in [1.29, 1.82) is 0 Å². The van der Waals surface area contributed by atoms with E-state index in [-0.39, 0.29) is 5.91 Å². The number of nitrogens with one attached hydrogen (secondary N) is 1. The number of carbonyl (C=O) groups excluding carboxylic acids is 1. The van der Waals surface area contributed by atoms with Crippen LogP contribution in [0.25, 0.3) is 0 Å². The molecule has 0 unspecified atom stereocenters. The third-order valence-corrected chi connectivity index (χ3v) is 3.79. The lowest BCUT2D eigenvalue weighted by Gasteiger charge is -2.32. The zero-order valence-electron chi connectivity index (χ0n) is 12.7. The van der Waals surface area contributed by atoms with Gasteiger partial charge in [-0.1, -0.05) is 0 Å². The Morgan fingerprint density at radius 3 is 2.70 bits per heavy atom. The third-order valence-electron chi connectivity index (χ3n) is 3.79. The van der Waals surface area contributed by atoms with Crippen molar-refractivity contribution in [1.82, 2.24) is 24.9 Å². The Labute approximate surface area is 120 Å². The number of aromatic nitrogens is 2. The van der Waals surface area contributed by atoms with Crippen LogP contribution < -0.4 is 5.32 Å². The first kappa shape index (κ1) is 15.0. The smallest absolute Gasteiger partial charge is 0.236 e. The molecule has 1 aromatic heterocycles. The number of amides is 1. The van der Waals surface area contributed by atoms with Gasteiger partial charge < -0.3 is 10.2 Å². The standard InChI is InChI=1S/C14H25N5O/c1-17(2)14(20)11-19-8-5-12(6-9-19)15-10-13-4-7-18(3)16-13/h4,7,12,15H,5-6,8-11H2,1-3H3. The molecule has 0 bridgehead atoms. The quantitative estimate of drug-likeness (QED) is 0.828. The highest BCUT2D eigenvalue weighted by atomic mass is 16.2. The first-order valence-corrected chi connectivity index (χ1v) is 7.19. The fourth-order valence-electron chi connectivity index (χ4n) is 2.43. The van der Waals surface area contributed by atoms with Crippen molar-refractivity contribution in [2.45, 2.75) is 25.4 Å². The second-order valence-electron chi connectivity index (χ2n) is 5.70. The molecule has 0 radical (unpaired) electrons. The predicted octanol–water partition coefficient (Wildman–Crippen LogP) is 0.0623. The summed E-state index contributed by atoms with van der Waals surface area (Å²) in [6.45, 7) is 3.33. The van der Waals surface area contributed by atoms with Crippen LogP contribution in [0.15, 0.2) is 12.3 Å². The van der Waals surface area contributed by atoms with E-state index in [1.54, 1.807) is 4.90 Å². The highest BCUT2D eigenvalue weighted by Gasteiger charge is 2.21. The average Bonchev–Trinajstić information content (AvgIpc) is 2.83. The molecule has 2 rings (SSSR count). The highest BCUT2D eigenvalue weighted by Crippen LogP contribution is 2.11. The van der Waals surface area contributed by atoms with Gasteiger partial charge in [-0.25, -0.2) is 0 Å². The molecule has 1 N–H and O–H groups in total. The topological polar surface area (TPSA) is 53.4 Å². The van der Waals surface area contributed by atoms with Gasteiger partial charge in [-0.05, 0) is 18.9 Å². The lowest BCUT2D eigenvalue weighted by Crippen LogP contribution is -2.45. The molecule has 20 heavy (non-hydrogen) atoms. The Bertz CT molecular complexity index is 435. The van der Waals surface area contributed by atoms with E-state index >= 15 is 0 Å². The first-order chi connectivity index (χ1) is 9.54. The number of nitrogens with zero attached hydrogens (tertiary/aromatic N) is 4. The minimum Gasteiger partial charge on any atom is -0.348 e. The van der Waals surface area contributed by atoms with Gasteiger partial charge >= 0.3 is 0 Å². The highest BCUT2D eigenvalue weighted by molar-refractivity contribution is 5.77. The van der Waals surface area contributed by atoms with Gasteiger partial charge in [0.05, 0.1) is 12.2 Å². The van der Waals surface area contributed by atoms with E-state index in [0.717, 1.165) is 38.2 Å². The summed E-state index contributed by atoms with van der Waals surface area (Å²) >= 11 is 0. The van der Waals surface area contributed by atoms with Crippen molar-refractivity contribution in [2.24, 2.45) is 7.05 Å². The Kier molecular flexibility index (Phi) is 5.14. The summed E-state index contributed by atoms with van der Waals surface area (Å²) < 4.78 is 1.83. The van der Waals surface area contributed by atoms with E-state index in [1.807, 2.05) is 38.1 Å². The largest absolute Gasteiger partial charge is 0.348 e. The van der Waals surface area contributed by atoms with Crippen molar-refractivity contribution in [2.75, 3.05) is 33.7 Å². The van der Waals surface area contributed by atoms with Crippen LogP contribution in [-0.2, 0) is 18.4 Å². The van der Waals surface area contributed by atoms with E-state index in [4.69, 9.17) is 0 Å². The van der Waals surface area contributed by atoms with Gasteiger partial charge in [-0.2, -0.15) is 5.10 Å². The van der Waals surface area contributed by atoms with Crippen LogP contribution in [0.4, 0.5) is 0 Å². The molecule has 1 amide bonds. The molecule has 0 aromatic carbocycles. The molecule has 2 heterocycles. The average molecular weight is 279 g/mol. The zero-order chi connectivity index (χ0) is 14.5. The number of likely N-dealkylation sites (N-methyl/N-ethyl adjacent to an activating group) is 1. The third kappa shape index (κ3) is 4.31. The number of aryl methyl sites for hydroxylation is 1. The first-order valence-electron chi connectivity index (χ1n) is 7.19. The van der Waals surface area contributed by atoms with E-state index in [1.165, 1.54) is 0 Å². The summed E-state index contributed by atoms with van der Waals surface area (Å²) in [5, 5.41) is 7.91. The second-order valence-corrected chi connectivity index (χ2v) is 5.70. The summed E-state index contributed by atoms with van der Waals surface area (Å²) in [7, 11) is 5.55. The van der Waals surface area contributed by atoms with Gasteiger partial charge in [0.2, 0.25) is 5.91 Å². The van der Waals surface area contributed by atoms with Crippen molar-refractivity contribution in [3.63, 3.8) is 0 Å². The van der Waals surface area contributed by atoms with Crippen LogP contribution in [0.1, 0.15) is 18.5 Å². The molecule has 0 saturated carbocycles. The Hall–Kier alpha value is -1.40. The van der Waals surface area contributed by atoms with Crippen molar-refractivity contribution < 1.29 is 4.79 Å². The molecule has 6 heteroatoms. The Morgan fingerprint density at radius 1 is 1.45 bits per heavy atom. The monoisotopic (exact) mass is 279 g/mol. The van der Waals surface area contributed by atoms with Crippen LogP contribution in [-0.4, -0.2) is 65.3 Å². The van der Waals surface area contributed by atoms with Crippen LogP contribution >= 0.6 is 0 Å². The molecule has 0 atom stereocenters. The number of piperidine rings is 1. The van der Waals surface area contributed by atoms with Crippen molar-refractivity contribution in [3.8, 4) is 0 Å². The molecular formula is C14H25N5O. The van der Waals surface area contributed by atoms with Gasteiger partial charge in [0.1, 0.15) is 0 Å². The van der Waals surface area contributed by atoms with Gasteiger partial charge in [0.15, 0.2) is 0 Å². The number of rotatable bonds is 5. The van der Waals surface area contributed by atoms with E-state index < -0.39 is 0 Å². The number of hydrogen-bond acceptors (Lipinski definition) is 4. The van der Waals surface area contributed by atoms with Gasteiger partial charge in [-0.15, -0.1) is 0 Å². The normalized spacial score (nSPS) is 17.4. The number of hydrogen-bond donors (Lipinski definition) is 1. The molecule has 1 aromatic rings. The molecule has 112 valence electrons. The van der Waals surface area contributed by atoms with Crippen LogP contribution in [0, 0.1) is 0 Å². The van der Waals surface area contributed by atoms with E-state index in [9.17, 15) is 4.79 Å². The maximum atomic E-state index is 11.7. The lowest BCUT2D eigenvalue weighted by atomic mass is 10.0. The predicted molar refractivity (Wildman–Crippen MR) is 78.2 cm³/mol. The maximum absolute atomic E-state index is 11.7. The Balaban J connectivity index is 1.68. The van der Waals surface area contributed by atoms with Gasteiger partial charge in [0.25, 0.3) is 0 Å². The van der Waals surface area contributed by atoms with Gasteiger partial charge in [-0.3, -0.25) is 14.4 Å². The summed E-state index contributed by atoms with van der Waals surface area (Å²) in [5.74, 6) is 0.185. The van der Waals surface area contributed by atoms with Crippen LogP contribution in [0.3, 0.4) is 0 Å². The minimum atomic E-state index is 0.185. The molecule has 0 spiro atoms. The number of likely N-dealkylation sites (tertiary alicyclic amines) is 1. The molecule has 1 fully saturated rings. The van der Waals surface area contributed by atoms with E-state index in [2.05, 4.69) is 15.3 Å². The van der Waals surface area contributed by atoms with Crippen molar-refractivity contribution in [3.05, 3.63) is 18.0 Å². The molecule has 6 nitrogen and oxygen atoms in total. The van der Waals surface area contributed by atoms with Gasteiger partial charge in [0, 0.05) is 53.0 Å². The summed E-state index contributed by atoms with van der Waals surface area (Å²) in [6, 6.07) is 2.57. The molecule has 1 saturated heterocycles.